The van der Waals surface area contributed by atoms with Gasteiger partial charge in [-0.05, 0) is 110 Å². The van der Waals surface area contributed by atoms with Gasteiger partial charge in [0.25, 0.3) is 0 Å². The van der Waals surface area contributed by atoms with Crippen LogP contribution < -0.4 is 0 Å². The molecule has 0 radical (unpaired) electrons. The lowest BCUT2D eigenvalue weighted by molar-refractivity contribution is -0.0573. The van der Waals surface area contributed by atoms with Crippen molar-refractivity contribution in [3.63, 3.8) is 0 Å². The van der Waals surface area contributed by atoms with Gasteiger partial charge in [-0.1, -0.05) is 92.7 Å². The van der Waals surface area contributed by atoms with Gasteiger partial charge in [0, 0.05) is 4.28 Å². The van der Waals surface area contributed by atoms with E-state index in [2.05, 4.69) is 61.5 Å². The van der Waals surface area contributed by atoms with Crippen molar-refractivity contribution in [3.8, 4) is 0 Å². The van der Waals surface area contributed by atoms with E-state index < -0.39 is 0 Å². The molecule has 0 aromatic rings. The van der Waals surface area contributed by atoms with Crippen molar-refractivity contribution in [2.45, 2.75) is 151 Å². The third kappa shape index (κ3) is 6.39. The molecule has 8 atom stereocenters. The minimum Gasteiger partial charge on any atom is -0.412 e. The molecule has 3 N–H and O–H groups in total. The minimum absolute atomic E-state index is 0. The lowest BCUT2D eigenvalue weighted by Crippen LogP contribution is -2.50. The van der Waals surface area contributed by atoms with Crippen LogP contribution in [0.5, 0.6) is 0 Å². The average Bonchev–Trinajstić information content (AvgIpc) is 3.12. The van der Waals surface area contributed by atoms with Crippen LogP contribution in [0.25, 0.3) is 0 Å². The van der Waals surface area contributed by atoms with Crippen LogP contribution in [0.1, 0.15) is 150 Å². The molecule has 0 saturated heterocycles. The zero-order valence-electron chi connectivity index (χ0n) is 24.9. The van der Waals surface area contributed by atoms with Crippen molar-refractivity contribution in [1.29, 1.82) is 0 Å². The number of hydrogen-bond donors (Lipinski definition) is 1. The highest BCUT2D eigenvalue weighted by atomic mass is 16.3. The molecule has 4 rings (SSSR count). The van der Waals surface area contributed by atoms with Crippen LogP contribution in [0.3, 0.4) is 0 Å². The summed E-state index contributed by atoms with van der Waals surface area (Å²) in [6.07, 6.45) is 21.1. The Labute approximate surface area is 223 Å². The summed E-state index contributed by atoms with van der Waals surface area (Å²) in [5, 5.41) is 10.3. The first-order chi connectivity index (χ1) is 16.0. The van der Waals surface area contributed by atoms with Crippen molar-refractivity contribution in [2.75, 3.05) is 0 Å². The molecule has 35 heavy (non-hydrogen) atoms. The largest absolute Gasteiger partial charge is 0.412 e. The zero-order valence-corrected chi connectivity index (χ0v) is 24.9. The Morgan fingerprint density at radius 1 is 1.03 bits per heavy atom. The summed E-state index contributed by atoms with van der Waals surface area (Å²) in [4.78, 5) is 0. The van der Waals surface area contributed by atoms with E-state index in [0.717, 1.165) is 42.4 Å². The van der Waals surface area contributed by atoms with Crippen molar-refractivity contribution in [3.05, 3.63) is 11.6 Å². The molecule has 2 nitrogen and oxygen atoms in total. The van der Waals surface area contributed by atoms with Gasteiger partial charge in [0.2, 0.25) is 0 Å². The van der Waals surface area contributed by atoms with Gasteiger partial charge in [0.05, 0.1) is 6.10 Å². The quantitative estimate of drug-likeness (QED) is 0.350. The van der Waals surface area contributed by atoms with E-state index in [0.29, 0.717) is 16.2 Å². The van der Waals surface area contributed by atoms with Gasteiger partial charge in [-0.15, -0.1) is 0 Å². The fourth-order valence-electron chi connectivity index (χ4n) is 9.52. The van der Waals surface area contributed by atoms with Crippen LogP contribution in [0.15, 0.2) is 11.6 Å². The summed E-state index contributed by atoms with van der Waals surface area (Å²) in [5.74, 6) is 4.56. The van der Waals surface area contributed by atoms with Gasteiger partial charge in [0.15, 0.2) is 0 Å². The van der Waals surface area contributed by atoms with E-state index in [9.17, 15) is 5.11 Å². The normalized spacial score (nSPS) is 39.1. The summed E-state index contributed by atoms with van der Waals surface area (Å²) >= 11 is 0. The molecule has 0 aromatic heterocycles. The second kappa shape index (κ2) is 12.5. The number of aliphatic hydroxyl groups is 1. The highest BCUT2D eigenvalue weighted by molar-refractivity contribution is 5.25. The van der Waals surface area contributed by atoms with Gasteiger partial charge in [0.1, 0.15) is 0 Å². The van der Waals surface area contributed by atoms with E-state index in [-0.39, 0.29) is 15.9 Å². The fourth-order valence-corrected chi connectivity index (χ4v) is 9.52. The van der Waals surface area contributed by atoms with E-state index in [4.69, 9.17) is 0 Å². The molecule has 3 unspecified atom stereocenters. The van der Waals surface area contributed by atoms with Crippen LogP contribution >= 0.6 is 0 Å². The molecule has 0 amide bonds. The molecular formula is C33H68O2. The Morgan fingerprint density at radius 3 is 2.37 bits per heavy atom. The molecule has 4 aliphatic rings. The molecule has 3 fully saturated rings. The maximum atomic E-state index is 10.3. The standard InChI is InChI=1S/C30H52O.C3H8.H2O.3H2/c1-7-16-28(3,4)17-8-9-21(2)25-12-13-26-24-11-10-22-20-23(31)14-18-29(22,5)27(24)15-19-30(25,26)6;1-3-2;;;;/h10,21,23-27,31H,7-9,11-20H2,1-6H3;3H2,1-2H3;1H2;3*1H/t21-,23+,24+,25?,26?,27?,29+,30-;;;;;/m1...../s1. The molecule has 2 heteroatoms. The molecule has 3 saturated carbocycles. The third-order valence-electron chi connectivity index (χ3n) is 11.3. The summed E-state index contributed by atoms with van der Waals surface area (Å²) in [7, 11) is 0. The molecule has 0 spiro atoms. The molecular weight excluding hydrogens is 428 g/mol. The molecule has 0 aliphatic heterocycles. The number of allylic oxidation sites excluding steroid dienone is 1. The molecule has 4 aliphatic carbocycles. The van der Waals surface area contributed by atoms with E-state index in [1.54, 1.807) is 5.57 Å². The maximum Gasteiger partial charge on any atom is 0.0577 e. The Bertz CT molecular complexity index is 696. The second-order valence-corrected chi connectivity index (χ2v) is 14.4. The predicted molar refractivity (Wildman–Crippen MR) is 159 cm³/mol. The van der Waals surface area contributed by atoms with Crippen molar-refractivity contribution in [2.24, 2.45) is 45.8 Å². The van der Waals surface area contributed by atoms with E-state index in [1.165, 1.54) is 77.0 Å². The summed E-state index contributed by atoms with van der Waals surface area (Å²) in [6, 6.07) is 0. The van der Waals surface area contributed by atoms with Gasteiger partial charge in [-0.25, -0.2) is 0 Å². The molecule has 0 aromatic carbocycles. The van der Waals surface area contributed by atoms with Crippen LogP contribution in [0, 0.1) is 45.8 Å². The highest BCUT2D eigenvalue weighted by Gasteiger charge is 2.59. The first-order valence-corrected chi connectivity index (χ1v) is 15.4. The lowest BCUT2D eigenvalue weighted by atomic mass is 9.47. The summed E-state index contributed by atoms with van der Waals surface area (Å²) in [6.45, 7) is 19.4. The smallest absolute Gasteiger partial charge is 0.0577 e. The van der Waals surface area contributed by atoms with Crippen molar-refractivity contribution >= 4 is 0 Å². The summed E-state index contributed by atoms with van der Waals surface area (Å²) in [5.41, 5.74) is 3.12. The Balaban J connectivity index is 0. The summed E-state index contributed by atoms with van der Waals surface area (Å²) < 4.78 is 0. The minimum atomic E-state index is -0.0799. The molecule has 0 bridgehead atoms. The van der Waals surface area contributed by atoms with Gasteiger partial charge in [-0.2, -0.15) is 0 Å². The van der Waals surface area contributed by atoms with Gasteiger partial charge >= 0.3 is 0 Å². The van der Waals surface area contributed by atoms with Crippen LogP contribution in [-0.2, 0) is 0 Å². The van der Waals surface area contributed by atoms with Crippen LogP contribution in [0.2, 0.25) is 0 Å². The van der Waals surface area contributed by atoms with E-state index >= 15 is 0 Å². The lowest BCUT2D eigenvalue weighted by Gasteiger charge is -2.58. The maximum absolute atomic E-state index is 10.3. The average molecular weight is 497 g/mol. The third-order valence-corrected chi connectivity index (χ3v) is 11.3. The van der Waals surface area contributed by atoms with Gasteiger partial charge < -0.3 is 10.6 Å². The molecule has 212 valence electrons. The Kier molecular flexibility index (Phi) is 11.0. The second-order valence-electron chi connectivity index (χ2n) is 14.4. The number of hydrogen-bond acceptors (Lipinski definition) is 1. The Hall–Kier alpha value is -0.340. The first kappa shape index (κ1) is 30.9. The SMILES string of the molecule is CCC.CCCC(C)(C)CCC[C@@H](C)C1CCC2[C@@H]3CC=C4C[C@@H](O)CC[C@]4(C)C3CC[C@@]21C.O.[HH].[HH].[HH]. The van der Waals surface area contributed by atoms with E-state index in [1.807, 2.05) is 0 Å². The fraction of sp³-hybridized carbons (Fsp3) is 0.939. The number of rotatable bonds is 7. The molecule has 0 heterocycles. The zero-order chi connectivity index (χ0) is 25.1. The number of fused-ring (bicyclic) bond motifs is 5. The predicted octanol–water partition coefficient (Wildman–Crippen LogP) is 9.89. The van der Waals surface area contributed by atoms with Crippen LogP contribution in [-0.4, -0.2) is 16.7 Å². The highest BCUT2D eigenvalue weighted by Crippen LogP contribution is 2.67. The number of aliphatic hydroxyl groups excluding tert-OH is 1. The topological polar surface area (TPSA) is 51.7 Å². The van der Waals surface area contributed by atoms with Crippen molar-refractivity contribution < 1.29 is 14.9 Å². The van der Waals surface area contributed by atoms with Crippen molar-refractivity contribution in [1.82, 2.24) is 0 Å². The van der Waals surface area contributed by atoms with Crippen LogP contribution in [0.4, 0.5) is 0 Å². The Morgan fingerprint density at radius 2 is 1.71 bits per heavy atom. The monoisotopic (exact) mass is 497 g/mol. The van der Waals surface area contributed by atoms with Gasteiger partial charge in [-0.3, -0.25) is 0 Å². The first-order valence-electron chi connectivity index (χ1n) is 15.4.